The summed E-state index contributed by atoms with van der Waals surface area (Å²) in [5.41, 5.74) is 0. The number of anilines is 2. The van der Waals surface area contributed by atoms with Crippen molar-refractivity contribution in [3.05, 3.63) is 11.9 Å². The van der Waals surface area contributed by atoms with Crippen LogP contribution in [0.15, 0.2) is 6.07 Å². The molecule has 134 valence electrons. The Kier molecular flexibility index (Phi) is 5.27. The predicted octanol–water partition coefficient (Wildman–Crippen LogP) is 2.54. The second kappa shape index (κ2) is 7.25. The van der Waals surface area contributed by atoms with Crippen molar-refractivity contribution in [2.75, 3.05) is 28.8 Å². The van der Waals surface area contributed by atoms with E-state index < -0.39 is 9.84 Å². The Hall–Kier alpha value is -1.37. The molecule has 1 aliphatic carbocycles. The van der Waals surface area contributed by atoms with Gasteiger partial charge in [0, 0.05) is 25.2 Å². The summed E-state index contributed by atoms with van der Waals surface area (Å²) >= 11 is 0. The van der Waals surface area contributed by atoms with Crippen LogP contribution in [0.1, 0.15) is 50.8 Å². The van der Waals surface area contributed by atoms with Crippen molar-refractivity contribution in [1.82, 2.24) is 9.97 Å². The van der Waals surface area contributed by atoms with Gasteiger partial charge in [0.05, 0.1) is 11.5 Å². The quantitative estimate of drug-likeness (QED) is 0.839. The number of hydrogen-bond acceptors (Lipinski definition) is 6. The summed E-state index contributed by atoms with van der Waals surface area (Å²) in [5.74, 6) is 2.88. The lowest BCUT2D eigenvalue weighted by atomic mass is 10.1. The van der Waals surface area contributed by atoms with E-state index in [0.717, 1.165) is 17.5 Å². The van der Waals surface area contributed by atoms with Crippen LogP contribution in [0.2, 0.25) is 0 Å². The molecule has 0 radical (unpaired) electrons. The van der Waals surface area contributed by atoms with E-state index in [-0.39, 0.29) is 17.5 Å². The van der Waals surface area contributed by atoms with Crippen molar-refractivity contribution in [2.45, 2.75) is 64.0 Å². The summed E-state index contributed by atoms with van der Waals surface area (Å²) in [5, 5.41) is 3.57. The molecule has 3 rings (SSSR count). The fraction of sp³-hybridized carbons (Fsp3) is 0.765. The summed E-state index contributed by atoms with van der Waals surface area (Å²) in [6.45, 7) is 1.89. The number of aromatic nitrogens is 2. The Balaban J connectivity index is 1.73. The molecule has 1 aromatic heterocycles. The van der Waals surface area contributed by atoms with Gasteiger partial charge >= 0.3 is 0 Å². The maximum Gasteiger partial charge on any atom is 0.152 e. The summed E-state index contributed by atoms with van der Waals surface area (Å²) in [6, 6.07) is 2.45. The Labute approximate surface area is 145 Å². The van der Waals surface area contributed by atoms with E-state index in [1.807, 2.05) is 24.9 Å². The molecule has 1 N–H and O–H groups in total. The first-order valence-corrected chi connectivity index (χ1v) is 10.8. The van der Waals surface area contributed by atoms with E-state index in [0.29, 0.717) is 12.5 Å². The van der Waals surface area contributed by atoms with Crippen molar-refractivity contribution in [2.24, 2.45) is 0 Å². The van der Waals surface area contributed by atoms with Crippen molar-refractivity contribution in [3.63, 3.8) is 0 Å². The Morgan fingerprint density at radius 3 is 2.46 bits per heavy atom. The second-order valence-electron chi connectivity index (χ2n) is 7.16. The molecular formula is C17H28N4O2S. The molecule has 2 aliphatic rings. The highest BCUT2D eigenvalue weighted by molar-refractivity contribution is 7.91. The normalized spacial score (nSPS) is 24.5. The predicted molar refractivity (Wildman–Crippen MR) is 97.3 cm³/mol. The minimum Gasteiger partial charge on any atom is -0.367 e. The molecule has 0 bridgehead atoms. The van der Waals surface area contributed by atoms with Crippen LogP contribution in [0.25, 0.3) is 0 Å². The van der Waals surface area contributed by atoms with Crippen LogP contribution in [-0.4, -0.2) is 49.0 Å². The number of aryl methyl sites for hydroxylation is 1. The largest absolute Gasteiger partial charge is 0.367 e. The first-order valence-electron chi connectivity index (χ1n) is 8.98. The minimum absolute atomic E-state index is 0.00929. The lowest BCUT2D eigenvalue weighted by Crippen LogP contribution is -2.33. The van der Waals surface area contributed by atoms with Crippen LogP contribution in [-0.2, 0) is 9.84 Å². The zero-order valence-corrected chi connectivity index (χ0v) is 15.5. The van der Waals surface area contributed by atoms with Gasteiger partial charge in [-0.1, -0.05) is 25.7 Å². The van der Waals surface area contributed by atoms with Gasteiger partial charge < -0.3 is 10.2 Å². The van der Waals surface area contributed by atoms with E-state index in [4.69, 9.17) is 0 Å². The second-order valence-corrected chi connectivity index (χ2v) is 9.39. The number of nitrogens with one attached hydrogen (secondary N) is 1. The van der Waals surface area contributed by atoms with Crippen LogP contribution in [0, 0.1) is 6.92 Å². The lowest BCUT2D eigenvalue weighted by molar-refractivity contribution is 0.600. The first kappa shape index (κ1) is 17.5. The molecule has 0 amide bonds. The number of sulfone groups is 1. The van der Waals surface area contributed by atoms with Crippen molar-refractivity contribution in [1.29, 1.82) is 0 Å². The Bertz CT molecular complexity index is 669. The molecule has 1 atom stereocenters. The van der Waals surface area contributed by atoms with Gasteiger partial charge in [0.1, 0.15) is 17.5 Å². The van der Waals surface area contributed by atoms with Gasteiger partial charge in [-0.25, -0.2) is 18.4 Å². The summed E-state index contributed by atoms with van der Waals surface area (Å²) in [7, 11) is -0.963. The fourth-order valence-corrected chi connectivity index (χ4v) is 5.48. The molecule has 2 fully saturated rings. The lowest BCUT2D eigenvalue weighted by Gasteiger charge is -2.25. The van der Waals surface area contributed by atoms with Crippen LogP contribution in [0.4, 0.5) is 11.6 Å². The van der Waals surface area contributed by atoms with Gasteiger partial charge in [0.25, 0.3) is 0 Å². The number of hydrogen-bond donors (Lipinski definition) is 1. The third-order valence-electron chi connectivity index (χ3n) is 5.15. The van der Waals surface area contributed by atoms with E-state index in [9.17, 15) is 8.42 Å². The summed E-state index contributed by atoms with van der Waals surface area (Å²) in [6.07, 6.45) is 8.25. The van der Waals surface area contributed by atoms with Crippen molar-refractivity contribution < 1.29 is 8.42 Å². The number of nitrogens with zero attached hydrogens (tertiary/aromatic N) is 3. The molecule has 6 nitrogen and oxygen atoms in total. The molecular weight excluding hydrogens is 324 g/mol. The van der Waals surface area contributed by atoms with Gasteiger partial charge in [0.15, 0.2) is 9.84 Å². The maximum absolute atomic E-state index is 11.7. The summed E-state index contributed by atoms with van der Waals surface area (Å²) in [4.78, 5) is 11.0. The molecule has 1 unspecified atom stereocenters. The number of rotatable bonds is 4. The smallest absolute Gasteiger partial charge is 0.152 e. The topological polar surface area (TPSA) is 75.2 Å². The van der Waals surface area contributed by atoms with Crippen LogP contribution in [0.5, 0.6) is 0 Å². The van der Waals surface area contributed by atoms with E-state index in [2.05, 4.69) is 15.3 Å². The van der Waals surface area contributed by atoms with Crippen LogP contribution >= 0.6 is 0 Å². The molecule has 24 heavy (non-hydrogen) atoms. The first-order chi connectivity index (χ1) is 11.4. The average molecular weight is 353 g/mol. The molecule has 1 saturated heterocycles. The van der Waals surface area contributed by atoms with Crippen molar-refractivity contribution >= 4 is 21.5 Å². The SMILES string of the molecule is Cc1nc(NC2CCCCCC2)cc(N(C)C2CCS(=O)(=O)C2)n1. The van der Waals surface area contributed by atoms with Crippen molar-refractivity contribution in [3.8, 4) is 0 Å². The van der Waals surface area contributed by atoms with Gasteiger partial charge in [-0.05, 0) is 26.2 Å². The standard InChI is InChI=1S/C17H28N4O2S/c1-13-18-16(20-14-7-5-3-4-6-8-14)11-17(19-13)21(2)15-9-10-24(22,23)12-15/h11,14-15H,3-10,12H2,1-2H3,(H,18,19,20). The molecule has 0 aromatic carbocycles. The molecule has 0 spiro atoms. The highest BCUT2D eigenvalue weighted by Gasteiger charge is 2.31. The Morgan fingerprint density at radius 1 is 1.12 bits per heavy atom. The molecule has 7 heteroatoms. The zero-order valence-electron chi connectivity index (χ0n) is 14.7. The molecule has 1 saturated carbocycles. The average Bonchev–Trinajstić information content (AvgIpc) is 2.72. The highest BCUT2D eigenvalue weighted by atomic mass is 32.2. The molecule has 2 heterocycles. The fourth-order valence-electron chi connectivity index (χ4n) is 3.71. The minimum atomic E-state index is -2.90. The maximum atomic E-state index is 11.7. The van der Waals surface area contributed by atoms with Gasteiger partial charge in [0.2, 0.25) is 0 Å². The third kappa shape index (κ3) is 4.37. The van der Waals surface area contributed by atoms with Crippen LogP contribution in [0.3, 0.4) is 0 Å². The van der Waals surface area contributed by atoms with E-state index >= 15 is 0 Å². The zero-order chi connectivity index (χ0) is 17.2. The van der Waals surface area contributed by atoms with E-state index in [1.165, 1.54) is 38.5 Å². The van der Waals surface area contributed by atoms with Crippen LogP contribution < -0.4 is 10.2 Å². The van der Waals surface area contributed by atoms with Gasteiger partial charge in [-0.15, -0.1) is 0 Å². The van der Waals surface area contributed by atoms with Gasteiger partial charge in [-0.3, -0.25) is 0 Å². The summed E-state index contributed by atoms with van der Waals surface area (Å²) < 4.78 is 23.5. The van der Waals surface area contributed by atoms with Gasteiger partial charge in [-0.2, -0.15) is 0 Å². The van der Waals surface area contributed by atoms with E-state index in [1.54, 1.807) is 0 Å². The highest BCUT2D eigenvalue weighted by Crippen LogP contribution is 2.25. The monoisotopic (exact) mass is 352 g/mol. The Morgan fingerprint density at radius 2 is 1.83 bits per heavy atom. The molecule has 1 aliphatic heterocycles. The molecule has 1 aromatic rings. The third-order valence-corrected chi connectivity index (χ3v) is 6.90.